The lowest BCUT2D eigenvalue weighted by Gasteiger charge is -2.20. The zero-order valence-electron chi connectivity index (χ0n) is 11.1. The summed E-state index contributed by atoms with van der Waals surface area (Å²) in [6, 6.07) is 9.24. The molecule has 112 valence electrons. The summed E-state index contributed by atoms with van der Waals surface area (Å²) in [6.45, 7) is -0.691. The van der Waals surface area contributed by atoms with Gasteiger partial charge in [0.15, 0.2) is 0 Å². The number of benzene rings is 1. The summed E-state index contributed by atoms with van der Waals surface area (Å²) >= 11 is 0. The van der Waals surface area contributed by atoms with Gasteiger partial charge in [0.25, 0.3) is 0 Å². The Labute approximate surface area is 116 Å². The number of aliphatic hydroxyl groups is 6. The molecule has 0 aromatic heterocycles. The first-order valence-corrected chi connectivity index (χ1v) is 6.82. The molecule has 0 bridgehead atoms. The van der Waals surface area contributed by atoms with Crippen molar-refractivity contribution in [2.45, 2.75) is 5.22 Å². The summed E-state index contributed by atoms with van der Waals surface area (Å²) in [5.41, 5.74) is 0.800. The van der Waals surface area contributed by atoms with Gasteiger partial charge in [-0.1, -0.05) is 30.3 Å². The van der Waals surface area contributed by atoms with Crippen molar-refractivity contribution in [2.24, 2.45) is 0 Å². The van der Waals surface area contributed by atoms with E-state index >= 15 is 0 Å². The summed E-state index contributed by atoms with van der Waals surface area (Å²) in [4.78, 5) is 0. The van der Waals surface area contributed by atoms with Crippen molar-refractivity contribution < 1.29 is 30.6 Å². The van der Waals surface area contributed by atoms with Gasteiger partial charge in [-0.15, -0.1) is 0 Å². The molecule has 0 radical (unpaired) electrons. The molecule has 6 N–H and O–H groups in total. The van der Waals surface area contributed by atoms with Gasteiger partial charge < -0.3 is 30.6 Å². The maximum atomic E-state index is 9.61. The smallest absolute Gasteiger partial charge is 0.0912 e. The van der Waals surface area contributed by atoms with E-state index in [1.54, 1.807) is 0 Å². The van der Waals surface area contributed by atoms with Crippen LogP contribution in [0, 0.1) is 0 Å². The molecule has 0 saturated carbocycles. The van der Waals surface area contributed by atoms with Crippen LogP contribution in [0.4, 0.5) is 0 Å². The van der Waals surface area contributed by atoms with Crippen LogP contribution in [0.15, 0.2) is 30.3 Å². The molecule has 1 aromatic rings. The lowest BCUT2D eigenvalue weighted by atomic mass is 10.1. The van der Waals surface area contributed by atoms with Crippen molar-refractivity contribution in [2.75, 3.05) is 33.0 Å². The second kappa shape index (κ2) is 13.6. The quantitative estimate of drug-likeness (QED) is 0.332. The second-order valence-corrected chi connectivity index (χ2v) is 5.35. The van der Waals surface area contributed by atoms with E-state index in [1.807, 2.05) is 30.3 Å². The van der Waals surface area contributed by atoms with Crippen molar-refractivity contribution in [3.05, 3.63) is 35.9 Å². The van der Waals surface area contributed by atoms with E-state index in [4.69, 9.17) is 25.5 Å². The van der Waals surface area contributed by atoms with Gasteiger partial charge in [-0.2, -0.15) is 0 Å². The number of rotatable bonds is 4. The van der Waals surface area contributed by atoms with Crippen molar-refractivity contribution in [1.82, 2.24) is 0 Å². The summed E-state index contributed by atoms with van der Waals surface area (Å²) in [5.74, 6) is 0. The summed E-state index contributed by atoms with van der Waals surface area (Å²) in [6.07, 6.45) is 0. The van der Waals surface area contributed by atoms with Crippen LogP contribution in [-0.4, -0.2) is 73.9 Å². The Morgan fingerprint density at radius 3 is 1.42 bits per heavy atom. The van der Waals surface area contributed by atoms with Gasteiger partial charge in [0.05, 0.1) is 48.5 Å². The van der Waals surface area contributed by atoms with Crippen LogP contribution < -0.4 is 0 Å². The third-order valence-electron chi connectivity index (χ3n) is 1.90. The third-order valence-corrected chi connectivity index (χ3v) is 2.80. The molecule has 1 rings (SSSR count). The molecule has 0 amide bonds. The molecule has 0 aliphatic carbocycles. The highest BCUT2D eigenvalue weighted by Crippen LogP contribution is 2.15. The molecule has 0 aliphatic rings. The highest BCUT2D eigenvalue weighted by Gasteiger charge is 2.20. The fourth-order valence-electron chi connectivity index (χ4n) is 0.888. The van der Waals surface area contributed by atoms with E-state index in [0.717, 1.165) is 5.56 Å². The fourth-order valence-corrected chi connectivity index (χ4v) is 1.22. The summed E-state index contributed by atoms with van der Waals surface area (Å²) in [7, 11) is 0.542. The minimum Gasteiger partial charge on any atom is -0.394 e. The maximum Gasteiger partial charge on any atom is 0.0912 e. The molecule has 0 heterocycles. The van der Waals surface area contributed by atoms with Gasteiger partial charge in [0.1, 0.15) is 0 Å². The van der Waals surface area contributed by atoms with Crippen LogP contribution in [0.5, 0.6) is 0 Å². The molecule has 1 unspecified atom stereocenters. The SMILES string of the molecule is OCC(O)([SiH3])c1ccccc1.OCCO.OCCO. The average Bonchev–Trinajstić information content (AvgIpc) is 2.48. The van der Waals surface area contributed by atoms with Crippen LogP contribution in [0.1, 0.15) is 5.56 Å². The second-order valence-electron chi connectivity index (χ2n) is 3.69. The minimum atomic E-state index is -0.971. The predicted octanol–water partition coefficient (Wildman–Crippen LogP) is -2.87. The fraction of sp³-hybridized carbons (Fsp3) is 0.500. The van der Waals surface area contributed by atoms with Crippen LogP contribution in [-0.2, 0) is 5.22 Å². The predicted molar refractivity (Wildman–Crippen MR) is 75.7 cm³/mol. The molecule has 19 heavy (non-hydrogen) atoms. The zero-order valence-corrected chi connectivity index (χ0v) is 13.1. The maximum absolute atomic E-state index is 9.61. The molecule has 7 heteroatoms. The molecule has 0 saturated heterocycles. The molecular weight excluding hydrogens is 268 g/mol. The minimum absolute atomic E-state index is 0.125. The van der Waals surface area contributed by atoms with E-state index in [1.165, 1.54) is 0 Å². The molecule has 1 aromatic carbocycles. The Balaban J connectivity index is 0. The molecule has 0 fully saturated rings. The van der Waals surface area contributed by atoms with Crippen molar-refractivity contribution in [3.8, 4) is 0 Å². The first-order valence-electron chi connectivity index (χ1n) is 5.82. The average molecular weight is 292 g/mol. The Bertz CT molecular complexity index is 273. The van der Waals surface area contributed by atoms with Crippen molar-refractivity contribution >= 4 is 10.2 Å². The highest BCUT2D eigenvalue weighted by molar-refractivity contribution is 6.14. The van der Waals surface area contributed by atoms with Gasteiger partial charge >= 0.3 is 0 Å². The topological polar surface area (TPSA) is 121 Å². The Kier molecular flexibility index (Phi) is 14.7. The van der Waals surface area contributed by atoms with Crippen LogP contribution in [0.2, 0.25) is 0 Å². The van der Waals surface area contributed by atoms with E-state index in [0.29, 0.717) is 10.2 Å². The Morgan fingerprint density at radius 1 is 0.789 bits per heavy atom. The molecular formula is C12H24O6Si. The largest absolute Gasteiger partial charge is 0.394 e. The lowest BCUT2D eigenvalue weighted by molar-refractivity contribution is 0.0551. The molecule has 1 atom stereocenters. The van der Waals surface area contributed by atoms with E-state index in [-0.39, 0.29) is 33.0 Å². The zero-order chi connectivity index (χ0) is 15.1. The summed E-state index contributed by atoms with van der Waals surface area (Å²) in [5, 5.41) is 48.0. The molecule has 0 aliphatic heterocycles. The normalized spacial score (nSPS) is 12.5. The monoisotopic (exact) mass is 292 g/mol. The Morgan fingerprint density at radius 2 is 1.16 bits per heavy atom. The lowest BCUT2D eigenvalue weighted by Crippen LogP contribution is -2.30. The van der Waals surface area contributed by atoms with Crippen LogP contribution >= 0.6 is 0 Å². The highest BCUT2D eigenvalue weighted by atomic mass is 28.1. The van der Waals surface area contributed by atoms with Crippen LogP contribution in [0.25, 0.3) is 0 Å². The van der Waals surface area contributed by atoms with Gasteiger partial charge in [-0.05, 0) is 5.56 Å². The number of aliphatic hydroxyl groups excluding tert-OH is 5. The Hall–Kier alpha value is -0.803. The van der Waals surface area contributed by atoms with Gasteiger partial charge in [0.2, 0.25) is 0 Å². The first-order chi connectivity index (χ1) is 8.99. The van der Waals surface area contributed by atoms with Crippen LogP contribution in [0.3, 0.4) is 0 Å². The summed E-state index contributed by atoms with van der Waals surface area (Å²) < 4.78 is 0. The van der Waals surface area contributed by atoms with E-state index in [9.17, 15) is 5.11 Å². The van der Waals surface area contributed by atoms with Gasteiger partial charge in [-0.25, -0.2) is 0 Å². The standard InChI is InChI=1S/C8H12O2Si.2C2H6O2/c9-6-8(10,11)7-4-2-1-3-5-7;2*3-1-2-4/h1-5,9-10H,6H2,11H3;2*3-4H,1-2H2. The number of hydrogen-bond acceptors (Lipinski definition) is 6. The van der Waals surface area contributed by atoms with E-state index < -0.39 is 5.22 Å². The van der Waals surface area contributed by atoms with Crippen molar-refractivity contribution in [3.63, 3.8) is 0 Å². The van der Waals surface area contributed by atoms with Crippen molar-refractivity contribution in [1.29, 1.82) is 0 Å². The first kappa shape index (κ1) is 20.5. The number of hydrogen-bond donors (Lipinski definition) is 6. The molecule has 0 spiro atoms. The third kappa shape index (κ3) is 12.0. The van der Waals surface area contributed by atoms with Gasteiger partial charge in [0, 0.05) is 0 Å². The van der Waals surface area contributed by atoms with Gasteiger partial charge in [-0.3, -0.25) is 0 Å². The van der Waals surface area contributed by atoms with E-state index in [2.05, 4.69) is 0 Å². The molecule has 6 nitrogen and oxygen atoms in total.